The zero-order valence-electron chi connectivity index (χ0n) is 21.5. The van der Waals surface area contributed by atoms with Gasteiger partial charge in [0.15, 0.2) is 10.8 Å². The van der Waals surface area contributed by atoms with Gasteiger partial charge in [-0.05, 0) is 44.9 Å². The van der Waals surface area contributed by atoms with E-state index < -0.39 is 46.3 Å². The lowest BCUT2D eigenvalue weighted by atomic mass is 9.78. The predicted molar refractivity (Wildman–Crippen MR) is 128 cm³/mol. The minimum atomic E-state index is -1.47. The second-order valence-electron chi connectivity index (χ2n) is 10.0. The van der Waals surface area contributed by atoms with E-state index in [1.165, 1.54) is 33.8 Å². The van der Waals surface area contributed by atoms with Gasteiger partial charge in [-0.15, -0.1) is 6.58 Å². The Morgan fingerprint density at radius 3 is 1.54 bits per heavy atom. The van der Waals surface area contributed by atoms with E-state index in [4.69, 9.17) is 18.9 Å². The van der Waals surface area contributed by atoms with Crippen LogP contribution in [0, 0.1) is 10.8 Å². The van der Waals surface area contributed by atoms with Gasteiger partial charge in [-0.25, -0.2) is 0 Å². The molecule has 0 aromatic rings. The third-order valence-corrected chi connectivity index (χ3v) is 6.11. The van der Waals surface area contributed by atoms with Crippen LogP contribution < -0.4 is 0 Å². The summed E-state index contributed by atoms with van der Waals surface area (Å²) in [5.41, 5.74) is -2.86. The minimum absolute atomic E-state index is 0.0890. The van der Waals surface area contributed by atoms with Crippen molar-refractivity contribution < 1.29 is 38.1 Å². The molecule has 2 fully saturated rings. The van der Waals surface area contributed by atoms with E-state index in [2.05, 4.69) is 6.58 Å². The first-order valence-corrected chi connectivity index (χ1v) is 12.2. The minimum Gasteiger partial charge on any atom is -0.422 e. The number of hydrogen-bond acceptors (Lipinski definition) is 8. The maximum Gasteiger partial charge on any atom is 0.327 e. The monoisotopic (exact) mass is 490 g/mol. The summed E-state index contributed by atoms with van der Waals surface area (Å²) in [7, 11) is 0. The number of hydrogen-bond donors (Lipinski definition) is 0. The first kappa shape index (κ1) is 28.3. The van der Waals surface area contributed by atoms with Crippen molar-refractivity contribution in [1.29, 1.82) is 0 Å². The Morgan fingerprint density at radius 1 is 0.657 bits per heavy atom. The zero-order valence-corrected chi connectivity index (χ0v) is 21.5. The maximum absolute atomic E-state index is 12.9. The lowest BCUT2D eigenvalue weighted by Crippen LogP contribution is -2.53. The lowest BCUT2D eigenvalue weighted by Gasteiger charge is -2.40. The summed E-state index contributed by atoms with van der Waals surface area (Å²) in [6.07, 6.45) is 12.3. The Morgan fingerprint density at radius 2 is 1.09 bits per heavy atom. The molecule has 194 valence electrons. The van der Waals surface area contributed by atoms with Crippen molar-refractivity contribution in [2.75, 3.05) is 0 Å². The molecule has 0 saturated carbocycles. The Kier molecular flexibility index (Phi) is 9.09. The van der Waals surface area contributed by atoms with Crippen LogP contribution in [-0.4, -0.2) is 35.5 Å². The Labute approximate surface area is 207 Å². The van der Waals surface area contributed by atoms with Crippen molar-refractivity contribution in [3.05, 3.63) is 37.0 Å². The molecule has 0 atom stereocenters. The predicted octanol–water partition coefficient (Wildman–Crippen LogP) is 5.07. The van der Waals surface area contributed by atoms with Crippen LogP contribution in [0.3, 0.4) is 0 Å². The van der Waals surface area contributed by atoms with E-state index in [1.807, 2.05) is 25.2 Å². The van der Waals surface area contributed by atoms with Gasteiger partial charge in [0.1, 0.15) is 0 Å². The highest BCUT2D eigenvalue weighted by Crippen LogP contribution is 2.41. The van der Waals surface area contributed by atoms with E-state index in [1.54, 1.807) is 6.08 Å². The van der Waals surface area contributed by atoms with Gasteiger partial charge in [0.2, 0.25) is 0 Å². The summed E-state index contributed by atoms with van der Waals surface area (Å²) in [5, 5.41) is 0. The van der Waals surface area contributed by atoms with Gasteiger partial charge in [0.05, 0.1) is 0 Å². The highest BCUT2D eigenvalue weighted by atomic mass is 16.8. The van der Waals surface area contributed by atoms with Crippen LogP contribution in [0.2, 0.25) is 0 Å². The van der Waals surface area contributed by atoms with E-state index in [0.717, 1.165) is 12.8 Å². The van der Waals surface area contributed by atoms with E-state index in [9.17, 15) is 19.2 Å². The lowest BCUT2D eigenvalue weighted by molar-refractivity contribution is -0.253. The van der Waals surface area contributed by atoms with Crippen molar-refractivity contribution in [3.8, 4) is 0 Å². The number of allylic oxidation sites excluding steroid dienone is 5. The second kappa shape index (κ2) is 11.2. The van der Waals surface area contributed by atoms with Crippen LogP contribution in [-0.2, 0) is 38.1 Å². The third kappa shape index (κ3) is 6.61. The quantitative estimate of drug-likeness (QED) is 0.162. The normalized spacial score (nSPS) is 22.4. The molecule has 0 spiro atoms. The van der Waals surface area contributed by atoms with Crippen molar-refractivity contribution >= 4 is 23.9 Å². The molecule has 35 heavy (non-hydrogen) atoms. The van der Waals surface area contributed by atoms with Crippen LogP contribution in [0.5, 0.6) is 0 Å². The summed E-state index contributed by atoms with van der Waals surface area (Å²) in [5.74, 6) is -5.04. The van der Waals surface area contributed by atoms with E-state index in [0.29, 0.717) is 12.8 Å². The van der Waals surface area contributed by atoms with Gasteiger partial charge in [-0.2, -0.15) is 0 Å². The molecule has 2 aliphatic rings. The first-order chi connectivity index (χ1) is 16.3. The van der Waals surface area contributed by atoms with Gasteiger partial charge in [-0.1, -0.05) is 43.7 Å². The molecule has 2 rings (SSSR count). The van der Waals surface area contributed by atoms with Crippen LogP contribution in [0.4, 0.5) is 0 Å². The van der Waals surface area contributed by atoms with Crippen molar-refractivity contribution in [2.45, 2.75) is 97.6 Å². The largest absolute Gasteiger partial charge is 0.422 e. The van der Waals surface area contributed by atoms with Crippen molar-refractivity contribution in [2.24, 2.45) is 10.8 Å². The average molecular weight is 491 g/mol. The second-order valence-corrected chi connectivity index (χ2v) is 10.0. The molecular formula is C27H38O8. The number of esters is 4. The van der Waals surface area contributed by atoms with Gasteiger partial charge in [0, 0.05) is 27.7 Å². The first-order valence-electron chi connectivity index (χ1n) is 12.2. The Hall–Kier alpha value is -2.90. The smallest absolute Gasteiger partial charge is 0.327 e. The topological polar surface area (TPSA) is 105 Å². The summed E-state index contributed by atoms with van der Waals surface area (Å²) < 4.78 is 21.4. The highest BCUT2D eigenvalue weighted by Gasteiger charge is 2.56. The molecule has 0 amide bonds. The highest BCUT2D eigenvalue weighted by molar-refractivity contribution is 6.02. The summed E-state index contributed by atoms with van der Waals surface area (Å²) >= 11 is 0. The molecule has 8 nitrogen and oxygen atoms in total. The number of carbonyl (C=O) groups excluding carboxylic acids is 4. The average Bonchev–Trinajstić information content (AvgIpc) is 2.73. The van der Waals surface area contributed by atoms with E-state index >= 15 is 0 Å². The molecule has 0 unspecified atom stereocenters. The molecule has 2 saturated heterocycles. The van der Waals surface area contributed by atoms with Crippen LogP contribution >= 0.6 is 0 Å². The molecule has 0 N–H and O–H groups in total. The molecule has 2 heterocycles. The number of ether oxygens (including phenoxy) is 4. The maximum atomic E-state index is 12.9. The fourth-order valence-corrected chi connectivity index (χ4v) is 4.12. The number of cyclic esters (lactones) is 4. The molecule has 0 aromatic carbocycles. The number of carbonyl (C=O) groups is 4. The number of rotatable bonds is 12. The Bertz CT molecular complexity index is 853. The van der Waals surface area contributed by atoms with Gasteiger partial charge >= 0.3 is 23.9 Å². The number of unbranched alkanes of at least 4 members (excludes halogenated alkanes) is 2. The molecule has 0 bridgehead atoms. The summed E-state index contributed by atoms with van der Waals surface area (Å²) in [6, 6.07) is 0. The molecule has 8 heteroatoms. The molecule has 2 aliphatic heterocycles. The molecule has 0 aromatic heterocycles. The SMILES string of the molecule is C=CCC1(C/C=C\CCCC2(C/C=C/CCC)C(=O)OC(C)(C)OC2=O)C(=O)OC(C)(C)OC1=O. The van der Waals surface area contributed by atoms with E-state index in [-0.39, 0.29) is 25.7 Å². The fraction of sp³-hybridized carbons (Fsp3) is 0.630. The van der Waals surface area contributed by atoms with Crippen LogP contribution in [0.15, 0.2) is 37.0 Å². The third-order valence-electron chi connectivity index (χ3n) is 6.11. The fourth-order valence-electron chi connectivity index (χ4n) is 4.12. The van der Waals surface area contributed by atoms with Crippen LogP contribution in [0.25, 0.3) is 0 Å². The summed E-state index contributed by atoms with van der Waals surface area (Å²) in [6.45, 7) is 11.8. The van der Waals surface area contributed by atoms with Gasteiger partial charge in [0.25, 0.3) is 11.6 Å². The van der Waals surface area contributed by atoms with Gasteiger partial charge in [-0.3, -0.25) is 19.2 Å². The van der Waals surface area contributed by atoms with Crippen molar-refractivity contribution in [1.82, 2.24) is 0 Å². The standard InChI is InChI=1S/C27H38O8/c1-7-9-10-13-18-27(22(30)34-25(5,6)35-23(27)31)19-15-12-11-14-17-26(16-8-2)20(28)32-24(3,4)33-21(26)29/h8,10-11,13-14H,2,7,9,12,15-19H2,1,3-6H3/b13-10+,14-11-. The van der Waals surface area contributed by atoms with Crippen LogP contribution in [0.1, 0.15) is 86.0 Å². The zero-order chi connectivity index (χ0) is 26.3. The molecule has 0 aliphatic carbocycles. The summed E-state index contributed by atoms with van der Waals surface area (Å²) in [4.78, 5) is 51.1. The molecule has 0 radical (unpaired) electrons. The molecular weight excluding hydrogens is 452 g/mol. The van der Waals surface area contributed by atoms with Gasteiger partial charge < -0.3 is 18.9 Å². The van der Waals surface area contributed by atoms with Crippen molar-refractivity contribution in [3.63, 3.8) is 0 Å². The Balaban J connectivity index is 2.06.